The minimum Gasteiger partial charge on any atom is -0.313 e. The topological polar surface area (TPSA) is 29.1 Å². The van der Waals surface area contributed by atoms with Crippen LogP contribution in [-0.4, -0.2) is 18.9 Å². The van der Waals surface area contributed by atoms with Crippen LogP contribution in [0.4, 0.5) is 0 Å². The number of nitrogens with one attached hydrogen (secondary N) is 1. The van der Waals surface area contributed by atoms with Gasteiger partial charge < -0.3 is 5.32 Å². The van der Waals surface area contributed by atoms with Crippen LogP contribution >= 0.6 is 12.4 Å². The Hall–Kier alpha value is -1.12. The maximum atomic E-state index is 11.6. The number of Topliss-reactive ketones (excluding diaryl/α,β-unsaturated/α-hetero) is 1. The van der Waals surface area contributed by atoms with Gasteiger partial charge in [0.2, 0.25) is 0 Å². The van der Waals surface area contributed by atoms with E-state index in [1.807, 2.05) is 25.1 Å². The Bertz CT molecular complexity index is 426. The van der Waals surface area contributed by atoms with Gasteiger partial charge in [-0.25, -0.2) is 0 Å². The number of benzene rings is 1. The molecule has 0 bridgehead atoms. The Labute approximate surface area is 109 Å². The van der Waals surface area contributed by atoms with Crippen molar-refractivity contribution in [2.45, 2.75) is 19.8 Å². The lowest BCUT2D eigenvalue weighted by molar-refractivity contribution is 0.0988. The molecule has 0 atom stereocenters. The second kappa shape index (κ2) is 6.58. The van der Waals surface area contributed by atoms with Gasteiger partial charge in [-0.2, -0.15) is 0 Å². The first-order chi connectivity index (χ1) is 7.81. The molecule has 1 aliphatic heterocycles. The van der Waals surface area contributed by atoms with Crippen molar-refractivity contribution >= 4 is 23.8 Å². The predicted octanol–water partition coefficient (Wildman–Crippen LogP) is 3.08. The highest BCUT2D eigenvalue weighted by Crippen LogP contribution is 2.21. The van der Waals surface area contributed by atoms with E-state index in [2.05, 4.69) is 17.5 Å². The molecule has 0 aromatic heterocycles. The van der Waals surface area contributed by atoms with Crippen molar-refractivity contribution < 1.29 is 4.79 Å². The van der Waals surface area contributed by atoms with E-state index < -0.39 is 0 Å². The van der Waals surface area contributed by atoms with Crippen molar-refractivity contribution in [2.24, 2.45) is 0 Å². The molecule has 0 amide bonds. The summed E-state index contributed by atoms with van der Waals surface area (Å²) in [6.07, 6.45) is 3.83. The first-order valence-corrected chi connectivity index (χ1v) is 5.84. The monoisotopic (exact) mass is 251 g/mol. The maximum Gasteiger partial charge on any atom is 0.162 e. The van der Waals surface area contributed by atoms with Gasteiger partial charge in [0.05, 0.1) is 0 Å². The second-order valence-corrected chi connectivity index (χ2v) is 4.04. The highest BCUT2D eigenvalue weighted by molar-refractivity contribution is 5.96. The summed E-state index contributed by atoms with van der Waals surface area (Å²) in [4.78, 5) is 11.6. The molecule has 1 heterocycles. The van der Waals surface area contributed by atoms with E-state index in [9.17, 15) is 4.79 Å². The summed E-state index contributed by atoms with van der Waals surface area (Å²) in [7, 11) is 0. The minimum absolute atomic E-state index is 0. The first kappa shape index (κ1) is 13.9. The van der Waals surface area contributed by atoms with Crippen LogP contribution in [0.5, 0.6) is 0 Å². The van der Waals surface area contributed by atoms with Gasteiger partial charge in [-0.15, -0.1) is 12.4 Å². The first-order valence-electron chi connectivity index (χ1n) is 5.84. The maximum absolute atomic E-state index is 11.6. The van der Waals surface area contributed by atoms with E-state index in [4.69, 9.17) is 0 Å². The summed E-state index contributed by atoms with van der Waals surface area (Å²) < 4.78 is 0. The summed E-state index contributed by atoms with van der Waals surface area (Å²) in [5.41, 5.74) is 3.38. The number of ketones is 1. The fourth-order valence-electron chi connectivity index (χ4n) is 1.98. The molecule has 0 fully saturated rings. The standard InChI is InChI=1S/C14H17NO.ClH/c1-2-14(16)13-5-3-4-12(10-13)11-6-8-15-9-7-11;/h3-6,10,15H,2,7-9H2,1H3;1H. The molecule has 0 saturated carbocycles. The van der Waals surface area contributed by atoms with Crippen molar-refractivity contribution in [3.63, 3.8) is 0 Å². The van der Waals surface area contributed by atoms with Gasteiger partial charge in [0.25, 0.3) is 0 Å². The summed E-state index contributed by atoms with van der Waals surface area (Å²) in [6.45, 7) is 3.86. The zero-order chi connectivity index (χ0) is 11.4. The average Bonchev–Trinajstić information content (AvgIpc) is 2.39. The molecule has 1 N–H and O–H groups in total. The Balaban J connectivity index is 0.00000144. The molecule has 0 unspecified atom stereocenters. The SMILES string of the molecule is CCC(=O)c1cccc(C2=CCNCC2)c1.Cl. The number of carbonyl (C=O) groups is 1. The lowest BCUT2D eigenvalue weighted by Crippen LogP contribution is -2.20. The van der Waals surface area contributed by atoms with E-state index in [1.165, 1.54) is 11.1 Å². The molecule has 0 radical (unpaired) electrons. The van der Waals surface area contributed by atoms with Crippen LogP contribution in [0.25, 0.3) is 5.57 Å². The van der Waals surface area contributed by atoms with Crippen molar-refractivity contribution in [3.05, 3.63) is 41.5 Å². The Morgan fingerprint density at radius 1 is 1.41 bits per heavy atom. The van der Waals surface area contributed by atoms with E-state index >= 15 is 0 Å². The number of hydrogen-bond acceptors (Lipinski definition) is 2. The third kappa shape index (κ3) is 3.42. The molecule has 3 heteroatoms. The summed E-state index contributed by atoms with van der Waals surface area (Å²) in [5.74, 6) is 0.219. The zero-order valence-electron chi connectivity index (χ0n) is 10.0. The number of carbonyl (C=O) groups excluding carboxylic acids is 1. The van der Waals surface area contributed by atoms with Gasteiger partial charge >= 0.3 is 0 Å². The zero-order valence-corrected chi connectivity index (χ0v) is 10.8. The Morgan fingerprint density at radius 2 is 2.24 bits per heavy atom. The molecule has 92 valence electrons. The normalized spacial score (nSPS) is 14.8. The van der Waals surface area contributed by atoms with Gasteiger partial charge in [-0.3, -0.25) is 4.79 Å². The van der Waals surface area contributed by atoms with Crippen LogP contribution in [0.3, 0.4) is 0 Å². The molecule has 0 aliphatic carbocycles. The van der Waals surface area contributed by atoms with Gasteiger partial charge in [-0.1, -0.05) is 31.2 Å². The van der Waals surface area contributed by atoms with Gasteiger partial charge in [0, 0.05) is 18.5 Å². The van der Waals surface area contributed by atoms with Crippen LogP contribution in [0.15, 0.2) is 30.3 Å². The Morgan fingerprint density at radius 3 is 2.88 bits per heavy atom. The third-order valence-corrected chi connectivity index (χ3v) is 2.94. The highest BCUT2D eigenvalue weighted by atomic mass is 35.5. The van der Waals surface area contributed by atoms with Crippen molar-refractivity contribution in [1.29, 1.82) is 0 Å². The smallest absolute Gasteiger partial charge is 0.162 e. The summed E-state index contributed by atoms with van der Waals surface area (Å²) in [5, 5.41) is 3.29. The molecule has 1 aromatic carbocycles. The van der Waals surface area contributed by atoms with E-state index in [0.717, 1.165) is 25.1 Å². The van der Waals surface area contributed by atoms with E-state index in [1.54, 1.807) is 0 Å². The molecule has 1 aliphatic rings. The average molecular weight is 252 g/mol. The second-order valence-electron chi connectivity index (χ2n) is 4.04. The van der Waals surface area contributed by atoms with Gasteiger partial charge in [-0.05, 0) is 30.2 Å². The van der Waals surface area contributed by atoms with Crippen LogP contribution in [0.1, 0.15) is 35.7 Å². The lowest BCUT2D eigenvalue weighted by Gasteiger charge is -2.14. The fraction of sp³-hybridized carbons (Fsp3) is 0.357. The van der Waals surface area contributed by atoms with Crippen molar-refractivity contribution in [2.75, 3.05) is 13.1 Å². The van der Waals surface area contributed by atoms with E-state index in [0.29, 0.717) is 6.42 Å². The quantitative estimate of drug-likeness (QED) is 0.837. The summed E-state index contributed by atoms with van der Waals surface area (Å²) >= 11 is 0. The molecule has 0 spiro atoms. The van der Waals surface area contributed by atoms with Crippen LogP contribution in [0, 0.1) is 0 Å². The van der Waals surface area contributed by atoms with Crippen LogP contribution in [-0.2, 0) is 0 Å². The largest absolute Gasteiger partial charge is 0.313 e. The molecule has 17 heavy (non-hydrogen) atoms. The highest BCUT2D eigenvalue weighted by Gasteiger charge is 2.08. The lowest BCUT2D eigenvalue weighted by atomic mass is 9.97. The molecular formula is C14H18ClNO. The molecule has 1 aromatic rings. The van der Waals surface area contributed by atoms with Crippen molar-refractivity contribution in [1.82, 2.24) is 5.32 Å². The fourth-order valence-corrected chi connectivity index (χ4v) is 1.98. The van der Waals surface area contributed by atoms with Crippen molar-refractivity contribution in [3.8, 4) is 0 Å². The minimum atomic E-state index is 0. The third-order valence-electron chi connectivity index (χ3n) is 2.94. The molecule has 0 saturated heterocycles. The van der Waals surface area contributed by atoms with Gasteiger partial charge in [0.15, 0.2) is 5.78 Å². The Kier molecular flexibility index (Phi) is 5.39. The van der Waals surface area contributed by atoms with Crippen LogP contribution < -0.4 is 5.32 Å². The number of halogens is 1. The van der Waals surface area contributed by atoms with E-state index in [-0.39, 0.29) is 18.2 Å². The number of hydrogen-bond donors (Lipinski definition) is 1. The molecular weight excluding hydrogens is 234 g/mol. The van der Waals surface area contributed by atoms with Gasteiger partial charge in [0.1, 0.15) is 0 Å². The molecule has 2 nitrogen and oxygen atoms in total. The van der Waals surface area contributed by atoms with Crippen LogP contribution in [0.2, 0.25) is 0 Å². The predicted molar refractivity (Wildman–Crippen MR) is 73.8 cm³/mol. The number of rotatable bonds is 3. The molecule has 2 rings (SSSR count). The summed E-state index contributed by atoms with van der Waals surface area (Å²) in [6, 6.07) is 7.98.